The van der Waals surface area contributed by atoms with Gasteiger partial charge in [-0.15, -0.1) is 11.6 Å². The van der Waals surface area contributed by atoms with Gasteiger partial charge in [0.1, 0.15) is 18.1 Å². The Morgan fingerprint density at radius 2 is 2.26 bits per heavy atom. The highest BCUT2D eigenvalue weighted by Gasteiger charge is 2.12. The van der Waals surface area contributed by atoms with Gasteiger partial charge in [-0.1, -0.05) is 15.9 Å². The minimum atomic E-state index is 0.353. The molecule has 1 aromatic carbocycles. The fourth-order valence-corrected chi connectivity index (χ4v) is 2.59. The van der Waals surface area contributed by atoms with Crippen molar-refractivity contribution in [3.05, 3.63) is 46.3 Å². The number of hydrogen-bond acceptors (Lipinski definition) is 3. The van der Waals surface area contributed by atoms with Crippen LogP contribution < -0.4 is 0 Å². The fraction of sp³-hybridized carbons (Fsp3) is 0.231. The molecular weight excluding hydrogens is 330 g/mol. The van der Waals surface area contributed by atoms with E-state index in [-0.39, 0.29) is 0 Å². The van der Waals surface area contributed by atoms with Crippen LogP contribution in [0, 0.1) is 6.92 Å². The molecule has 98 valence electrons. The zero-order valence-corrected chi connectivity index (χ0v) is 12.6. The van der Waals surface area contributed by atoms with Crippen LogP contribution in [0.1, 0.15) is 17.5 Å². The van der Waals surface area contributed by atoms with E-state index in [9.17, 15) is 0 Å². The number of imidazole rings is 1. The van der Waals surface area contributed by atoms with E-state index < -0.39 is 0 Å². The molecule has 4 nitrogen and oxygen atoms in total. The van der Waals surface area contributed by atoms with Gasteiger partial charge in [0, 0.05) is 4.47 Å². The second-order valence-corrected chi connectivity index (χ2v) is 5.43. The molecule has 2 heterocycles. The van der Waals surface area contributed by atoms with Crippen molar-refractivity contribution in [1.29, 1.82) is 0 Å². The number of halogens is 2. The standard InChI is InChI=1S/C13H11BrClN3O/c1-8-6-16-13(19-8)7-18-11-3-2-9(14)4-10(11)17-12(18)5-15/h2-4,6H,5,7H2,1H3. The molecule has 0 bridgehead atoms. The van der Waals surface area contributed by atoms with Crippen LogP contribution in [0.25, 0.3) is 11.0 Å². The Bertz CT molecular complexity index is 735. The minimum absolute atomic E-state index is 0.353. The quantitative estimate of drug-likeness (QED) is 0.680. The number of hydrogen-bond donors (Lipinski definition) is 0. The van der Waals surface area contributed by atoms with E-state index in [0.29, 0.717) is 18.3 Å². The Kier molecular flexibility index (Phi) is 3.33. The topological polar surface area (TPSA) is 43.9 Å². The summed E-state index contributed by atoms with van der Waals surface area (Å²) < 4.78 is 8.54. The summed E-state index contributed by atoms with van der Waals surface area (Å²) in [5, 5.41) is 0. The van der Waals surface area contributed by atoms with Crippen LogP contribution in [0.5, 0.6) is 0 Å². The minimum Gasteiger partial charge on any atom is -0.444 e. The van der Waals surface area contributed by atoms with Gasteiger partial charge in [-0.2, -0.15) is 0 Å². The lowest BCUT2D eigenvalue weighted by molar-refractivity contribution is 0.457. The van der Waals surface area contributed by atoms with Gasteiger partial charge in [0.2, 0.25) is 5.89 Å². The van der Waals surface area contributed by atoms with Crippen molar-refractivity contribution in [2.24, 2.45) is 0 Å². The Hall–Kier alpha value is -1.33. The third kappa shape index (κ3) is 2.40. The summed E-state index contributed by atoms with van der Waals surface area (Å²) in [5.74, 6) is 2.62. The van der Waals surface area contributed by atoms with Crippen LogP contribution in [0.4, 0.5) is 0 Å². The van der Waals surface area contributed by atoms with E-state index in [1.54, 1.807) is 6.20 Å². The molecule has 3 rings (SSSR count). The normalized spacial score (nSPS) is 11.3. The molecule has 0 amide bonds. The molecule has 0 aliphatic rings. The molecule has 0 saturated heterocycles. The Labute approximate surface area is 123 Å². The number of oxazole rings is 1. The summed E-state index contributed by atoms with van der Waals surface area (Å²) in [6.45, 7) is 2.41. The maximum atomic E-state index is 5.97. The highest BCUT2D eigenvalue weighted by atomic mass is 79.9. The first-order valence-corrected chi connectivity index (χ1v) is 7.12. The maximum absolute atomic E-state index is 5.97. The fourth-order valence-electron chi connectivity index (χ4n) is 2.04. The van der Waals surface area contributed by atoms with Crippen LogP contribution >= 0.6 is 27.5 Å². The second kappa shape index (κ2) is 4.98. The predicted octanol–water partition coefficient (Wildman–Crippen LogP) is 3.88. The van der Waals surface area contributed by atoms with Crippen molar-refractivity contribution in [2.45, 2.75) is 19.3 Å². The predicted molar refractivity (Wildman–Crippen MR) is 77.3 cm³/mol. The molecule has 0 spiro atoms. The SMILES string of the molecule is Cc1cnc(Cn2c(CCl)nc3cc(Br)ccc32)o1. The highest BCUT2D eigenvalue weighted by molar-refractivity contribution is 9.10. The van der Waals surface area contributed by atoms with E-state index >= 15 is 0 Å². The van der Waals surface area contributed by atoms with E-state index in [4.69, 9.17) is 16.0 Å². The Balaban J connectivity index is 2.10. The van der Waals surface area contributed by atoms with E-state index in [0.717, 1.165) is 27.1 Å². The van der Waals surface area contributed by atoms with Gasteiger partial charge in [-0.3, -0.25) is 0 Å². The van der Waals surface area contributed by atoms with Crippen molar-refractivity contribution < 1.29 is 4.42 Å². The maximum Gasteiger partial charge on any atom is 0.214 e. The van der Waals surface area contributed by atoms with E-state index in [2.05, 4.69) is 25.9 Å². The van der Waals surface area contributed by atoms with Gasteiger partial charge in [0.25, 0.3) is 0 Å². The Morgan fingerprint density at radius 1 is 1.42 bits per heavy atom. The summed E-state index contributed by atoms with van der Waals surface area (Å²) in [6, 6.07) is 5.97. The molecule has 0 atom stereocenters. The van der Waals surface area contributed by atoms with Gasteiger partial charge >= 0.3 is 0 Å². The summed E-state index contributed by atoms with van der Waals surface area (Å²) in [5.41, 5.74) is 1.93. The molecule has 0 aliphatic heterocycles. The molecule has 0 saturated carbocycles. The lowest BCUT2D eigenvalue weighted by Crippen LogP contribution is -2.03. The zero-order valence-electron chi connectivity index (χ0n) is 10.2. The van der Waals surface area contributed by atoms with Crippen molar-refractivity contribution >= 4 is 38.6 Å². The lowest BCUT2D eigenvalue weighted by Gasteiger charge is -2.04. The second-order valence-electron chi connectivity index (χ2n) is 4.25. The first kappa shape index (κ1) is 12.7. The van der Waals surface area contributed by atoms with Crippen LogP contribution in [-0.2, 0) is 12.4 Å². The lowest BCUT2D eigenvalue weighted by atomic mass is 10.3. The van der Waals surface area contributed by atoms with Gasteiger partial charge in [-0.25, -0.2) is 9.97 Å². The largest absolute Gasteiger partial charge is 0.444 e. The average molecular weight is 341 g/mol. The summed E-state index contributed by atoms with van der Waals surface area (Å²) in [7, 11) is 0. The monoisotopic (exact) mass is 339 g/mol. The van der Waals surface area contributed by atoms with Gasteiger partial charge in [0.05, 0.1) is 23.1 Å². The van der Waals surface area contributed by atoms with Crippen molar-refractivity contribution in [2.75, 3.05) is 0 Å². The molecule has 6 heteroatoms. The van der Waals surface area contributed by atoms with Crippen molar-refractivity contribution in [3.8, 4) is 0 Å². The number of alkyl halides is 1. The molecule has 0 radical (unpaired) electrons. The molecule has 19 heavy (non-hydrogen) atoms. The third-order valence-corrected chi connectivity index (χ3v) is 3.60. The molecular formula is C13H11BrClN3O. The smallest absolute Gasteiger partial charge is 0.214 e. The van der Waals surface area contributed by atoms with E-state index in [1.165, 1.54) is 0 Å². The number of fused-ring (bicyclic) bond motifs is 1. The van der Waals surface area contributed by atoms with E-state index in [1.807, 2.05) is 29.7 Å². The molecule has 3 aromatic rings. The van der Waals surface area contributed by atoms with Crippen LogP contribution in [0.2, 0.25) is 0 Å². The van der Waals surface area contributed by atoms with Crippen molar-refractivity contribution in [3.63, 3.8) is 0 Å². The van der Waals surface area contributed by atoms with Gasteiger partial charge < -0.3 is 8.98 Å². The third-order valence-electron chi connectivity index (χ3n) is 2.87. The number of aryl methyl sites for hydroxylation is 1. The summed E-state index contributed by atoms with van der Waals surface area (Å²) in [6.07, 6.45) is 1.71. The molecule has 0 unspecified atom stereocenters. The molecule has 0 N–H and O–H groups in total. The first-order chi connectivity index (χ1) is 9.17. The van der Waals surface area contributed by atoms with Crippen LogP contribution in [0.15, 0.2) is 33.3 Å². The number of rotatable bonds is 3. The average Bonchev–Trinajstić information content (AvgIpc) is 2.94. The highest BCUT2D eigenvalue weighted by Crippen LogP contribution is 2.22. The summed E-state index contributed by atoms with van der Waals surface area (Å²) in [4.78, 5) is 8.75. The molecule has 0 aliphatic carbocycles. The number of benzene rings is 1. The van der Waals surface area contributed by atoms with Gasteiger partial charge in [-0.05, 0) is 25.1 Å². The van der Waals surface area contributed by atoms with Crippen LogP contribution in [0.3, 0.4) is 0 Å². The Morgan fingerprint density at radius 3 is 2.95 bits per heavy atom. The summed E-state index contributed by atoms with van der Waals surface area (Å²) >= 11 is 9.41. The van der Waals surface area contributed by atoms with Crippen LogP contribution in [-0.4, -0.2) is 14.5 Å². The number of aromatic nitrogens is 3. The zero-order chi connectivity index (χ0) is 13.4. The van der Waals surface area contributed by atoms with Crippen molar-refractivity contribution in [1.82, 2.24) is 14.5 Å². The molecule has 2 aromatic heterocycles. The number of nitrogens with zero attached hydrogens (tertiary/aromatic N) is 3. The van der Waals surface area contributed by atoms with Gasteiger partial charge in [0.15, 0.2) is 0 Å². The first-order valence-electron chi connectivity index (χ1n) is 5.79. The molecule has 0 fully saturated rings.